The molecule has 0 aliphatic carbocycles. The van der Waals surface area contributed by atoms with Crippen LogP contribution in [0.5, 0.6) is 0 Å². The van der Waals surface area contributed by atoms with Gasteiger partial charge in [0.2, 0.25) is 0 Å². The maximum absolute atomic E-state index is 10.7. The number of halogens is 1. The SMILES string of the molecule is O=C(O)c1sc2nccnc2c1Cl. The minimum atomic E-state index is -1.05. The van der Waals surface area contributed by atoms with Gasteiger partial charge in [-0.3, -0.25) is 4.98 Å². The minimum absolute atomic E-state index is 0.0860. The molecule has 0 fully saturated rings. The first-order valence-corrected chi connectivity index (χ1v) is 4.52. The van der Waals surface area contributed by atoms with Crippen LogP contribution in [0.25, 0.3) is 10.3 Å². The molecule has 0 bridgehead atoms. The fourth-order valence-corrected chi connectivity index (χ4v) is 2.16. The highest BCUT2D eigenvalue weighted by atomic mass is 35.5. The van der Waals surface area contributed by atoms with E-state index in [9.17, 15) is 4.79 Å². The van der Waals surface area contributed by atoms with Crippen LogP contribution in [0.4, 0.5) is 0 Å². The first-order chi connectivity index (χ1) is 6.20. The molecule has 0 amide bonds. The summed E-state index contributed by atoms with van der Waals surface area (Å²) < 4.78 is 0. The summed E-state index contributed by atoms with van der Waals surface area (Å²) in [7, 11) is 0. The van der Waals surface area contributed by atoms with Crippen LogP contribution in [0.1, 0.15) is 9.67 Å². The van der Waals surface area contributed by atoms with Gasteiger partial charge in [0, 0.05) is 12.4 Å². The molecule has 0 aromatic carbocycles. The minimum Gasteiger partial charge on any atom is -0.477 e. The van der Waals surface area contributed by atoms with Crippen LogP contribution in [-0.4, -0.2) is 21.0 Å². The molecule has 0 saturated carbocycles. The van der Waals surface area contributed by atoms with E-state index in [0.717, 1.165) is 11.3 Å². The van der Waals surface area contributed by atoms with Crippen molar-refractivity contribution >= 4 is 39.3 Å². The molecule has 2 heterocycles. The lowest BCUT2D eigenvalue weighted by atomic mass is 10.4. The summed E-state index contributed by atoms with van der Waals surface area (Å²) in [5.74, 6) is -1.05. The first-order valence-electron chi connectivity index (χ1n) is 3.32. The Hall–Kier alpha value is -1.20. The summed E-state index contributed by atoms with van der Waals surface area (Å²) in [6.45, 7) is 0. The molecular weight excluding hydrogens is 212 g/mol. The zero-order valence-electron chi connectivity index (χ0n) is 6.19. The van der Waals surface area contributed by atoms with E-state index in [1.165, 1.54) is 12.4 Å². The molecule has 0 atom stereocenters. The second-order valence-electron chi connectivity index (χ2n) is 2.26. The number of thiophene rings is 1. The number of hydrogen-bond donors (Lipinski definition) is 1. The molecule has 0 aliphatic heterocycles. The second-order valence-corrected chi connectivity index (χ2v) is 3.64. The molecule has 4 nitrogen and oxygen atoms in total. The predicted octanol–water partition coefficient (Wildman–Crippen LogP) is 2.04. The molecule has 13 heavy (non-hydrogen) atoms. The Labute approximate surface area is 81.8 Å². The van der Waals surface area contributed by atoms with Gasteiger partial charge in [0.25, 0.3) is 0 Å². The monoisotopic (exact) mass is 214 g/mol. The predicted molar refractivity (Wildman–Crippen MR) is 49.4 cm³/mol. The third-order valence-electron chi connectivity index (χ3n) is 1.46. The molecule has 2 rings (SSSR count). The number of carboxylic acid groups (broad SMARTS) is 1. The average Bonchev–Trinajstić information content (AvgIpc) is 2.45. The largest absolute Gasteiger partial charge is 0.477 e. The van der Waals surface area contributed by atoms with E-state index < -0.39 is 5.97 Å². The lowest BCUT2D eigenvalue weighted by Crippen LogP contribution is -1.91. The zero-order valence-corrected chi connectivity index (χ0v) is 7.76. The lowest BCUT2D eigenvalue weighted by molar-refractivity contribution is 0.0702. The van der Waals surface area contributed by atoms with Crippen LogP contribution in [0.15, 0.2) is 12.4 Å². The van der Waals surface area contributed by atoms with Gasteiger partial charge >= 0.3 is 5.97 Å². The van der Waals surface area contributed by atoms with Crippen molar-refractivity contribution in [1.82, 2.24) is 9.97 Å². The van der Waals surface area contributed by atoms with E-state index in [4.69, 9.17) is 16.7 Å². The highest BCUT2D eigenvalue weighted by Gasteiger charge is 2.17. The van der Waals surface area contributed by atoms with Crippen molar-refractivity contribution in [3.8, 4) is 0 Å². The quantitative estimate of drug-likeness (QED) is 0.789. The van der Waals surface area contributed by atoms with Crippen molar-refractivity contribution in [2.75, 3.05) is 0 Å². The fraction of sp³-hybridized carbons (Fsp3) is 0. The van der Waals surface area contributed by atoms with Crippen LogP contribution < -0.4 is 0 Å². The number of carboxylic acids is 1. The first kappa shape index (κ1) is 8.40. The Balaban J connectivity index is 2.81. The summed E-state index contributed by atoms with van der Waals surface area (Å²) in [6.07, 6.45) is 2.98. The molecule has 0 aliphatic rings. The van der Waals surface area contributed by atoms with Crippen LogP contribution in [-0.2, 0) is 0 Å². The van der Waals surface area contributed by atoms with E-state index >= 15 is 0 Å². The van der Waals surface area contributed by atoms with E-state index in [1.54, 1.807) is 0 Å². The normalized spacial score (nSPS) is 10.5. The van der Waals surface area contributed by atoms with E-state index in [-0.39, 0.29) is 9.90 Å². The van der Waals surface area contributed by atoms with Crippen molar-refractivity contribution in [2.45, 2.75) is 0 Å². The maximum atomic E-state index is 10.7. The van der Waals surface area contributed by atoms with Crippen LogP contribution >= 0.6 is 22.9 Å². The summed E-state index contributed by atoms with van der Waals surface area (Å²) in [4.78, 5) is 19.2. The van der Waals surface area contributed by atoms with Gasteiger partial charge in [-0.2, -0.15) is 0 Å². The molecule has 6 heteroatoms. The van der Waals surface area contributed by atoms with Crippen molar-refractivity contribution in [3.05, 3.63) is 22.3 Å². The third-order valence-corrected chi connectivity index (χ3v) is 3.02. The molecule has 0 radical (unpaired) electrons. The molecule has 66 valence electrons. The maximum Gasteiger partial charge on any atom is 0.347 e. The number of fused-ring (bicyclic) bond motifs is 1. The number of carbonyl (C=O) groups is 1. The molecule has 0 spiro atoms. The molecular formula is C7H3ClN2O2S. The van der Waals surface area contributed by atoms with Crippen LogP contribution in [0.2, 0.25) is 5.02 Å². The van der Waals surface area contributed by atoms with Gasteiger partial charge < -0.3 is 5.11 Å². The molecule has 2 aromatic heterocycles. The van der Waals surface area contributed by atoms with Gasteiger partial charge in [0.15, 0.2) is 0 Å². The molecule has 2 aromatic rings. The van der Waals surface area contributed by atoms with Crippen LogP contribution in [0, 0.1) is 0 Å². The van der Waals surface area contributed by atoms with E-state index in [0.29, 0.717) is 10.3 Å². The number of rotatable bonds is 1. The number of hydrogen-bond acceptors (Lipinski definition) is 4. The van der Waals surface area contributed by atoms with Crippen LogP contribution in [0.3, 0.4) is 0 Å². The Morgan fingerprint density at radius 2 is 2.15 bits per heavy atom. The Kier molecular flexibility index (Phi) is 1.90. The molecule has 0 saturated heterocycles. The van der Waals surface area contributed by atoms with Gasteiger partial charge in [-0.15, -0.1) is 11.3 Å². The van der Waals surface area contributed by atoms with Crippen molar-refractivity contribution in [1.29, 1.82) is 0 Å². The van der Waals surface area contributed by atoms with Gasteiger partial charge in [-0.1, -0.05) is 11.6 Å². The van der Waals surface area contributed by atoms with Gasteiger partial charge in [-0.25, -0.2) is 9.78 Å². The molecule has 1 N–H and O–H groups in total. The summed E-state index contributed by atoms with van der Waals surface area (Å²) >= 11 is 6.81. The standard InChI is InChI=1S/C7H3ClN2O2S/c8-3-4-6(10-2-1-9-4)13-5(3)7(11)12/h1-2H,(H,11,12). The van der Waals surface area contributed by atoms with E-state index in [1.807, 2.05) is 0 Å². The summed E-state index contributed by atoms with van der Waals surface area (Å²) in [5, 5.41) is 8.90. The highest BCUT2D eigenvalue weighted by Crippen LogP contribution is 2.31. The number of nitrogens with zero attached hydrogens (tertiary/aromatic N) is 2. The Morgan fingerprint density at radius 3 is 2.77 bits per heavy atom. The van der Waals surface area contributed by atoms with Gasteiger partial charge in [-0.05, 0) is 0 Å². The van der Waals surface area contributed by atoms with Crippen molar-refractivity contribution < 1.29 is 9.90 Å². The smallest absolute Gasteiger partial charge is 0.347 e. The second kappa shape index (κ2) is 2.93. The number of aromatic carboxylic acids is 1. The van der Waals surface area contributed by atoms with Crippen molar-refractivity contribution in [2.24, 2.45) is 0 Å². The van der Waals surface area contributed by atoms with Gasteiger partial charge in [0.05, 0.1) is 5.02 Å². The Morgan fingerprint density at radius 1 is 1.46 bits per heavy atom. The summed E-state index contributed by atoms with van der Waals surface area (Å²) in [5.41, 5.74) is 0.451. The summed E-state index contributed by atoms with van der Waals surface area (Å²) in [6, 6.07) is 0. The van der Waals surface area contributed by atoms with Gasteiger partial charge in [0.1, 0.15) is 15.2 Å². The highest BCUT2D eigenvalue weighted by molar-refractivity contribution is 7.21. The fourth-order valence-electron chi connectivity index (χ4n) is 0.937. The Bertz CT molecular complexity index is 482. The number of aromatic nitrogens is 2. The van der Waals surface area contributed by atoms with Crippen molar-refractivity contribution in [3.63, 3.8) is 0 Å². The lowest BCUT2D eigenvalue weighted by Gasteiger charge is -1.86. The third kappa shape index (κ3) is 1.26. The molecule has 0 unspecified atom stereocenters. The average molecular weight is 215 g/mol. The topological polar surface area (TPSA) is 63.1 Å². The zero-order chi connectivity index (χ0) is 9.42. The van der Waals surface area contributed by atoms with E-state index in [2.05, 4.69) is 9.97 Å².